The van der Waals surface area contributed by atoms with Gasteiger partial charge in [-0.15, -0.1) is 0 Å². The maximum absolute atomic E-state index is 13.7. The molecule has 0 spiro atoms. The minimum atomic E-state index is -3.83. The Morgan fingerprint density at radius 1 is 1.33 bits per heavy atom. The minimum Gasteiger partial charge on any atom is -0.258 e. The van der Waals surface area contributed by atoms with Crippen LogP contribution in [0.2, 0.25) is 0 Å². The lowest BCUT2D eigenvalue weighted by Gasteiger charge is -2.19. The Labute approximate surface area is 126 Å². The molecule has 0 saturated carbocycles. The van der Waals surface area contributed by atoms with Crippen molar-refractivity contribution in [2.24, 2.45) is 0 Å². The molecule has 0 radical (unpaired) electrons. The number of nitrogens with zero attached hydrogens (tertiary/aromatic N) is 2. The Morgan fingerprint density at radius 3 is 2.71 bits per heavy atom. The molecule has 1 fully saturated rings. The van der Waals surface area contributed by atoms with Crippen LogP contribution in [-0.4, -0.2) is 42.2 Å². The van der Waals surface area contributed by atoms with Crippen molar-refractivity contribution >= 4 is 27.5 Å². The molecule has 0 aromatic heterocycles. The van der Waals surface area contributed by atoms with Crippen molar-refractivity contribution in [1.82, 2.24) is 4.31 Å². The molecule has 1 aliphatic heterocycles. The molecule has 21 heavy (non-hydrogen) atoms. The van der Waals surface area contributed by atoms with Crippen LogP contribution in [0.4, 0.5) is 10.1 Å². The molecule has 0 unspecified atom stereocenters. The van der Waals surface area contributed by atoms with Crippen LogP contribution in [0.3, 0.4) is 0 Å². The number of hydrogen-bond acceptors (Lipinski definition) is 5. The van der Waals surface area contributed by atoms with Crippen LogP contribution in [0.25, 0.3) is 0 Å². The third kappa shape index (κ3) is 3.35. The summed E-state index contributed by atoms with van der Waals surface area (Å²) in [6, 6.07) is 1.95. The van der Waals surface area contributed by atoms with Crippen LogP contribution < -0.4 is 0 Å². The molecule has 2 rings (SSSR count). The van der Waals surface area contributed by atoms with Gasteiger partial charge in [0, 0.05) is 24.9 Å². The molecule has 1 aromatic rings. The summed E-state index contributed by atoms with van der Waals surface area (Å²) in [5, 5.41) is 10.8. The van der Waals surface area contributed by atoms with Gasteiger partial charge in [-0.2, -0.15) is 20.5 Å². The standard InChI is InChI=1S/C12H15FN2O4S2/c1-9-7-10(8-11(12(9)13)15(16)17)21(18,19)14-3-2-5-20-6-4-14/h7-8H,2-6H2,1H3. The quantitative estimate of drug-likeness (QED) is 0.625. The number of aryl methyl sites for hydroxylation is 1. The van der Waals surface area contributed by atoms with Gasteiger partial charge in [0.2, 0.25) is 15.8 Å². The summed E-state index contributed by atoms with van der Waals surface area (Å²) in [5.41, 5.74) is -0.857. The van der Waals surface area contributed by atoms with E-state index in [0.29, 0.717) is 18.8 Å². The van der Waals surface area contributed by atoms with Crippen molar-refractivity contribution in [1.29, 1.82) is 0 Å². The SMILES string of the molecule is Cc1cc(S(=O)(=O)N2CCCSCC2)cc([N+](=O)[O-])c1F. The van der Waals surface area contributed by atoms with E-state index in [1.54, 1.807) is 11.8 Å². The van der Waals surface area contributed by atoms with Crippen molar-refractivity contribution in [3.8, 4) is 0 Å². The maximum atomic E-state index is 13.7. The van der Waals surface area contributed by atoms with Crippen molar-refractivity contribution in [2.75, 3.05) is 24.6 Å². The number of benzene rings is 1. The Bertz CT molecular complexity index is 655. The highest BCUT2D eigenvalue weighted by molar-refractivity contribution is 7.99. The molecule has 1 saturated heterocycles. The first-order valence-corrected chi connectivity index (χ1v) is 8.96. The van der Waals surface area contributed by atoms with Gasteiger partial charge in [-0.1, -0.05) is 0 Å². The average Bonchev–Trinajstić information content (AvgIpc) is 2.70. The van der Waals surface area contributed by atoms with Gasteiger partial charge in [-0.25, -0.2) is 8.42 Å². The van der Waals surface area contributed by atoms with Gasteiger partial charge in [-0.3, -0.25) is 10.1 Å². The average molecular weight is 334 g/mol. The fourth-order valence-corrected chi connectivity index (χ4v) is 4.70. The summed E-state index contributed by atoms with van der Waals surface area (Å²) in [4.78, 5) is 9.71. The van der Waals surface area contributed by atoms with E-state index >= 15 is 0 Å². The summed E-state index contributed by atoms with van der Waals surface area (Å²) < 4.78 is 40.1. The zero-order chi connectivity index (χ0) is 15.6. The highest BCUT2D eigenvalue weighted by Gasteiger charge is 2.29. The number of rotatable bonds is 3. The third-order valence-corrected chi connectivity index (χ3v) is 6.15. The van der Waals surface area contributed by atoms with E-state index in [2.05, 4.69) is 0 Å². The molecule has 1 heterocycles. The van der Waals surface area contributed by atoms with Gasteiger partial charge < -0.3 is 0 Å². The number of hydrogen-bond donors (Lipinski definition) is 0. The number of halogens is 1. The lowest BCUT2D eigenvalue weighted by molar-refractivity contribution is -0.387. The van der Waals surface area contributed by atoms with Crippen LogP contribution in [0.15, 0.2) is 17.0 Å². The lowest BCUT2D eigenvalue weighted by atomic mass is 10.2. The number of sulfonamides is 1. The largest absolute Gasteiger partial charge is 0.306 e. The second-order valence-electron chi connectivity index (χ2n) is 4.70. The van der Waals surface area contributed by atoms with Crippen molar-refractivity contribution < 1.29 is 17.7 Å². The molecule has 1 aliphatic rings. The van der Waals surface area contributed by atoms with E-state index in [1.807, 2.05) is 0 Å². The normalized spacial score (nSPS) is 17.4. The lowest BCUT2D eigenvalue weighted by Crippen LogP contribution is -2.33. The molecule has 116 valence electrons. The Balaban J connectivity index is 2.46. The van der Waals surface area contributed by atoms with Gasteiger partial charge >= 0.3 is 5.69 Å². The van der Waals surface area contributed by atoms with Crippen LogP contribution in [0.5, 0.6) is 0 Å². The second-order valence-corrected chi connectivity index (χ2v) is 7.86. The summed E-state index contributed by atoms with van der Waals surface area (Å²) in [7, 11) is -3.83. The monoisotopic (exact) mass is 334 g/mol. The molecule has 0 bridgehead atoms. The molecule has 6 nitrogen and oxygen atoms in total. The third-order valence-electron chi connectivity index (χ3n) is 3.22. The van der Waals surface area contributed by atoms with E-state index in [1.165, 1.54) is 11.2 Å². The first kappa shape index (κ1) is 16.2. The predicted octanol–water partition coefficient (Wildman–Crippen LogP) is 2.17. The zero-order valence-electron chi connectivity index (χ0n) is 11.4. The number of nitro benzene ring substituents is 1. The molecule has 0 aliphatic carbocycles. The van der Waals surface area contributed by atoms with Gasteiger partial charge in [0.15, 0.2) is 0 Å². The fraction of sp³-hybridized carbons (Fsp3) is 0.500. The van der Waals surface area contributed by atoms with Crippen molar-refractivity contribution in [3.63, 3.8) is 0 Å². The van der Waals surface area contributed by atoms with E-state index in [-0.39, 0.29) is 10.5 Å². The molecule has 0 amide bonds. The summed E-state index contributed by atoms with van der Waals surface area (Å²) in [5.74, 6) is 0.571. The van der Waals surface area contributed by atoms with Gasteiger partial charge in [0.05, 0.1) is 9.82 Å². The second kappa shape index (κ2) is 6.29. The summed E-state index contributed by atoms with van der Waals surface area (Å²) in [6.07, 6.45) is 0.728. The molecular weight excluding hydrogens is 319 g/mol. The maximum Gasteiger partial charge on any atom is 0.306 e. The minimum absolute atomic E-state index is 0.0491. The van der Waals surface area contributed by atoms with Crippen LogP contribution in [-0.2, 0) is 10.0 Å². The predicted molar refractivity (Wildman–Crippen MR) is 78.5 cm³/mol. The zero-order valence-corrected chi connectivity index (χ0v) is 13.0. The Morgan fingerprint density at radius 2 is 2.05 bits per heavy atom. The van der Waals surface area contributed by atoms with E-state index in [9.17, 15) is 22.9 Å². The highest BCUT2D eigenvalue weighted by Crippen LogP contribution is 2.27. The molecular formula is C12H15FN2O4S2. The summed E-state index contributed by atoms with van der Waals surface area (Å²) >= 11 is 1.67. The van der Waals surface area contributed by atoms with E-state index in [0.717, 1.165) is 24.3 Å². The smallest absolute Gasteiger partial charge is 0.258 e. The van der Waals surface area contributed by atoms with Crippen LogP contribution >= 0.6 is 11.8 Å². The number of nitro groups is 1. The Hall–Kier alpha value is -1.19. The number of thioether (sulfide) groups is 1. The van der Waals surface area contributed by atoms with E-state index in [4.69, 9.17) is 0 Å². The molecule has 9 heteroatoms. The van der Waals surface area contributed by atoms with Crippen LogP contribution in [0.1, 0.15) is 12.0 Å². The van der Waals surface area contributed by atoms with Crippen LogP contribution in [0, 0.1) is 22.9 Å². The van der Waals surface area contributed by atoms with Crippen molar-refractivity contribution in [3.05, 3.63) is 33.6 Å². The molecule has 0 atom stereocenters. The van der Waals surface area contributed by atoms with Crippen molar-refractivity contribution in [2.45, 2.75) is 18.2 Å². The molecule has 1 aromatic carbocycles. The van der Waals surface area contributed by atoms with Gasteiger partial charge in [0.1, 0.15) is 0 Å². The fourth-order valence-electron chi connectivity index (χ4n) is 2.11. The first-order valence-electron chi connectivity index (χ1n) is 6.36. The van der Waals surface area contributed by atoms with E-state index < -0.39 is 26.5 Å². The van der Waals surface area contributed by atoms with Gasteiger partial charge in [0.25, 0.3) is 0 Å². The highest BCUT2D eigenvalue weighted by atomic mass is 32.2. The first-order chi connectivity index (χ1) is 9.84. The molecule has 0 N–H and O–H groups in total. The topological polar surface area (TPSA) is 80.5 Å². The Kier molecular flexibility index (Phi) is 4.84. The van der Waals surface area contributed by atoms with Gasteiger partial charge in [-0.05, 0) is 30.7 Å². The summed E-state index contributed by atoms with van der Waals surface area (Å²) in [6.45, 7) is 2.05.